The van der Waals surface area contributed by atoms with E-state index in [1.54, 1.807) is 18.2 Å². The molecule has 1 aliphatic heterocycles. The number of nitrogens with zero attached hydrogens (tertiary/aromatic N) is 1. The lowest BCUT2D eigenvalue weighted by atomic mass is 10.0. The number of pyridine rings is 1. The van der Waals surface area contributed by atoms with Crippen LogP contribution in [0.4, 0.5) is 0 Å². The fourth-order valence-electron chi connectivity index (χ4n) is 3.57. The monoisotopic (exact) mass is 502 g/mol. The Balaban J connectivity index is 1.92. The van der Waals surface area contributed by atoms with E-state index in [-0.39, 0.29) is 16.4 Å². The van der Waals surface area contributed by atoms with Gasteiger partial charge in [-0.25, -0.2) is 30.0 Å². The zero-order valence-electron chi connectivity index (χ0n) is 17.6. The first-order valence-corrected chi connectivity index (χ1v) is 14.9. The second kappa shape index (κ2) is 9.18. The Kier molecular flexibility index (Phi) is 7.11. The number of aliphatic hydroxyl groups excluding tert-OH is 1. The summed E-state index contributed by atoms with van der Waals surface area (Å²) in [6.45, 7) is 3.42. The Morgan fingerprint density at radius 3 is 2.22 bits per heavy atom. The maximum absolute atomic E-state index is 13.4. The fraction of sp³-hybridized carbons (Fsp3) is 0.450. The van der Waals surface area contributed by atoms with Gasteiger partial charge in [-0.1, -0.05) is 32.0 Å². The molecule has 0 bridgehead atoms. The predicted octanol–water partition coefficient (Wildman–Crippen LogP) is 0.797. The molecule has 2 aromatic rings. The van der Waals surface area contributed by atoms with Gasteiger partial charge in [-0.05, 0) is 35.2 Å². The molecule has 9 nitrogen and oxygen atoms in total. The average Bonchev–Trinajstić information content (AvgIpc) is 3.02. The number of rotatable bonds is 8. The number of hydrogen-bond donors (Lipinski definition) is 2. The summed E-state index contributed by atoms with van der Waals surface area (Å²) in [6.07, 6.45) is 1.23. The van der Waals surface area contributed by atoms with Crippen LogP contribution >= 0.6 is 0 Å². The molecule has 2 heterocycles. The Morgan fingerprint density at radius 1 is 1.06 bits per heavy atom. The van der Waals surface area contributed by atoms with E-state index in [0.29, 0.717) is 0 Å². The van der Waals surface area contributed by atoms with Crippen molar-refractivity contribution in [3.05, 3.63) is 59.9 Å². The summed E-state index contributed by atoms with van der Waals surface area (Å²) >= 11 is 0. The van der Waals surface area contributed by atoms with Gasteiger partial charge in [0.15, 0.2) is 19.7 Å². The molecule has 1 fully saturated rings. The number of sulfonamides is 1. The standard InChI is InChI=1S/C20H26N2O7S3/c1-14(2)15-5-7-17(8-6-15)31(26,27)19(16-4-3-9-21-10-16)11-22-32(28,29)20-13-30(24,25)12-18(20)23/h3-10,14,18-20,22-23H,11-13H2,1-2H3. The molecular weight excluding hydrogens is 476 g/mol. The first kappa shape index (κ1) is 24.8. The van der Waals surface area contributed by atoms with Crippen LogP contribution in [-0.2, 0) is 29.7 Å². The molecule has 0 radical (unpaired) electrons. The third-order valence-corrected chi connectivity index (χ3v) is 11.3. The van der Waals surface area contributed by atoms with Gasteiger partial charge in [0.25, 0.3) is 0 Å². The molecule has 0 aliphatic carbocycles. The third kappa shape index (κ3) is 5.37. The van der Waals surface area contributed by atoms with E-state index < -0.39 is 64.4 Å². The average molecular weight is 503 g/mol. The summed E-state index contributed by atoms with van der Waals surface area (Å²) in [5.74, 6) is -1.16. The van der Waals surface area contributed by atoms with Crippen LogP contribution in [-0.4, -0.2) is 64.7 Å². The molecule has 3 atom stereocenters. The molecular formula is C20H26N2O7S3. The van der Waals surface area contributed by atoms with Crippen molar-refractivity contribution >= 4 is 29.7 Å². The molecule has 1 saturated heterocycles. The number of benzene rings is 1. The first-order valence-electron chi connectivity index (χ1n) is 9.94. The lowest BCUT2D eigenvalue weighted by molar-refractivity contribution is 0.203. The first-order chi connectivity index (χ1) is 14.8. The van der Waals surface area contributed by atoms with Gasteiger partial charge in [0.2, 0.25) is 10.0 Å². The number of nitrogens with one attached hydrogen (secondary N) is 1. The van der Waals surface area contributed by atoms with Gasteiger partial charge in [0, 0.05) is 18.9 Å². The van der Waals surface area contributed by atoms with Gasteiger partial charge in [0.05, 0.1) is 22.5 Å². The summed E-state index contributed by atoms with van der Waals surface area (Å²) in [5.41, 5.74) is 1.24. The Bertz CT molecular complexity index is 1260. The molecule has 2 N–H and O–H groups in total. The highest BCUT2D eigenvalue weighted by Crippen LogP contribution is 2.30. The SMILES string of the molecule is CC(C)c1ccc(S(=O)(=O)C(CNS(=O)(=O)C2CS(=O)(=O)CC2O)c2cccnc2)cc1. The molecule has 3 rings (SSSR count). The van der Waals surface area contributed by atoms with Gasteiger partial charge in [-0.15, -0.1) is 0 Å². The normalized spacial score (nSPS) is 22.1. The third-order valence-electron chi connectivity index (χ3n) is 5.45. The Labute approximate surface area is 188 Å². The van der Waals surface area contributed by atoms with Gasteiger partial charge in [-0.2, -0.15) is 0 Å². The smallest absolute Gasteiger partial charge is 0.218 e. The maximum atomic E-state index is 13.4. The molecule has 1 aromatic heterocycles. The second-order valence-electron chi connectivity index (χ2n) is 8.12. The van der Waals surface area contributed by atoms with Crippen molar-refractivity contribution in [2.75, 3.05) is 18.1 Å². The van der Waals surface area contributed by atoms with Gasteiger partial charge < -0.3 is 5.11 Å². The Morgan fingerprint density at radius 2 is 1.72 bits per heavy atom. The van der Waals surface area contributed by atoms with Crippen LogP contribution in [0, 0.1) is 0 Å². The minimum absolute atomic E-state index is 0.0263. The minimum atomic E-state index is -4.31. The van der Waals surface area contributed by atoms with Gasteiger partial charge in [-0.3, -0.25) is 4.98 Å². The molecule has 12 heteroatoms. The van der Waals surface area contributed by atoms with E-state index >= 15 is 0 Å². The summed E-state index contributed by atoms with van der Waals surface area (Å²) in [7, 11) is -12.0. The van der Waals surface area contributed by atoms with E-state index in [1.165, 1.54) is 30.6 Å². The summed E-state index contributed by atoms with van der Waals surface area (Å²) in [5, 5.41) is 7.06. The highest BCUT2D eigenvalue weighted by molar-refractivity contribution is 7.95. The van der Waals surface area contributed by atoms with Crippen LogP contribution in [0.15, 0.2) is 53.7 Å². The number of hydrogen-bond acceptors (Lipinski definition) is 8. The lowest BCUT2D eigenvalue weighted by Crippen LogP contribution is -2.43. The second-order valence-corrected chi connectivity index (χ2v) is 14.4. The highest BCUT2D eigenvalue weighted by Gasteiger charge is 2.45. The minimum Gasteiger partial charge on any atom is -0.391 e. The van der Waals surface area contributed by atoms with Crippen LogP contribution in [0.1, 0.15) is 36.1 Å². The zero-order chi connectivity index (χ0) is 23.7. The van der Waals surface area contributed by atoms with E-state index in [4.69, 9.17) is 0 Å². The van der Waals surface area contributed by atoms with E-state index in [9.17, 15) is 30.4 Å². The van der Waals surface area contributed by atoms with Crippen LogP contribution < -0.4 is 4.72 Å². The van der Waals surface area contributed by atoms with Gasteiger partial charge >= 0.3 is 0 Å². The number of aliphatic hydroxyl groups is 1. The highest BCUT2D eigenvalue weighted by atomic mass is 32.2. The quantitative estimate of drug-likeness (QED) is 0.539. The molecule has 32 heavy (non-hydrogen) atoms. The van der Waals surface area contributed by atoms with Gasteiger partial charge in [0.1, 0.15) is 10.5 Å². The van der Waals surface area contributed by atoms with E-state index in [1.807, 2.05) is 13.8 Å². The number of aromatic nitrogens is 1. The summed E-state index contributed by atoms with van der Waals surface area (Å²) in [4.78, 5) is 3.97. The van der Waals surface area contributed by atoms with Crippen LogP contribution in [0.25, 0.3) is 0 Å². The summed E-state index contributed by atoms with van der Waals surface area (Å²) in [6, 6.07) is 9.46. The topological polar surface area (TPSA) is 148 Å². The molecule has 0 spiro atoms. The van der Waals surface area contributed by atoms with Crippen molar-refractivity contribution in [2.24, 2.45) is 0 Å². The molecule has 0 amide bonds. The van der Waals surface area contributed by atoms with E-state index in [0.717, 1.165) is 5.56 Å². The lowest BCUT2D eigenvalue weighted by Gasteiger charge is -2.21. The maximum Gasteiger partial charge on any atom is 0.218 e. The van der Waals surface area contributed by atoms with E-state index in [2.05, 4.69) is 9.71 Å². The molecule has 176 valence electrons. The zero-order valence-corrected chi connectivity index (χ0v) is 20.1. The van der Waals surface area contributed by atoms with Crippen molar-refractivity contribution in [1.29, 1.82) is 0 Å². The van der Waals surface area contributed by atoms with Crippen LogP contribution in [0.3, 0.4) is 0 Å². The van der Waals surface area contributed by atoms with Crippen molar-refractivity contribution in [2.45, 2.75) is 41.3 Å². The molecule has 1 aliphatic rings. The molecule has 3 unspecified atom stereocenters. The fourth-order valence-corrected chi connectivity index (χ4v) is 9.52. The van der Waals surface area contributed by atoms with Crippen LogP contribution in [0.2, 0.25) is 0 Å². The summed E-state index contributed by atoms with van der Waals surface area (Å²) < 4.78 is 77.9. The van der Waals surface area contributed by atoms with Crippen LogP contribution in [0.5, 0.6) is 0 Å². The largest absolute Gasteiger partial charge is 0.391 e. The van der Waals surface area contributed by atoms with Crippen molar-refractivity contribution in [3.8, 4) is 0 Å². The molecule has 0 saturated carbocycles. The van der Waals surface area contributed by atoms with Crippen molar-refractivity contribution < 1.29 is 30.4 Å². The molecule has 1 aromatic carbocycles. The van der Waals surface area contributed by atoms with Crippen molar-refractivity contribution in [1.82, 2.24) is 9.71 Å². The predicted molar refractivity (Wildman–Crippen MR) is 120 cm³/mol. The Hall–Kier alpha value is -1.86. The van der Waals surface area contributed by atoms with Crippen molar-refractivity contribution in [3.63, 3.8) is 0 Å². The number of sulfone groups is 2.